The van der Waals surface area contributed by atoms with Gasteiger partial charge in [0.1, 0.15) is 0 Å². The summed E-state index contributed by atoms with van der Waals surface area (Å²) < 4.78 is 2.27. The van der Waals surface area contributed by atoms with Gasteiger partial charge in [-0.15, -0.1) is 0 Å². The molecule has 1 aromatic heterocycles. The van der Waals surface area contributed by atoms with Gasteiger partial charge in [0, 0.05) is 25.6 Å². The number of hydrogen-bond donors (Lipinski definition) is 0. The first-order valence-corrected chi connectivity index (χ1v) is 9.99. The van der Waals surface area contributed by atoms with Crippen molar-refractivity contribution in [3.63, 3.8) is 0 Å². The molecule has 4 heteroatoms. The van der Waals surface area contributed by atoms with Gasteiger partial charge in [-0.05, 0) is 49.5 Å². The molecule has 0 bridgehead atoms. The smallest absolute Gasteiger partial charge is 0.225 e. The molecule has 2 aliphatic rings. The Labute approximate surface area is 156 Å². The molecule has 2 heterocycles. The van der Waals surface area contributed by atoms with Gasteiger partial charge in [0.05, 0.1) is 18.2 Å². The van der Waals surface area contributed by atoms with E-state index >= 15 is 0 Å². The van der Waals surface area contributed by atoms with Gasteiger partial charge in [-0.3, -0.25) is 4.79 Å². The minimum absolute atomic E-state index is 0.358. The maximum Gasteiger partial charge on any atom is 0.225 e. The third-order valence-corrected chi connectivity index (χ3v) is 6.17. The van der Waals surface area contributed by atoms with E-state index in [-0.39, 0.29) is 0 Å². The second-order valence-corrected chi connectivity index (χ2v) is 8.35. The maximum absolute atomic E-state index is 12.2. The largest absolute Gasteiger partial charge is 0.342 e. The van der Waals surface area contributed by atoms with Crippen molar-refractivity contribution in [2.24, 2.45) is 11.3 Å². The predicted molar refractivity (Wildman–Crippen MR) is 104 cm³/mol. The van der Waals surface area contributed by atoms with Crippen LogP contribution in [0.3, 0.4) is 0 Å². The third-order valence-electron chi connectivity index (χ3n) is 6.17. The topological polar surface area (TPSA) is 38.1 Å². The lowest BCUT2D eigenvalue weighted by Gasteiger charge is -2.39. The van der Waals surface area contributed by atoms with Gasteiger partial charge in [0.2, 0.25) is 5.91 Å². The maximum atomic E-state index is 12.2. The van der Waals surface area contributed by atoms with E-state index in [1.807, 2.05) is 18.6 Å². The van der Waals surface area contributed by atoms with Crippen molar-refractivity contribution in [1.82, 2.24) is 14.5 Å². The Kier molecular flexibility index (Phi) is 4.84. The molecule has 4 rings (SSSR count). The zero-order chi connectivity index (χ0) is 18.0. The number of aromatic nitrogens is 2. The van der Waals surface area contributed by atoms with Crippen molar-refractivity contribution in [1.29, 1.82) is 0 Å². The first-order valence-electron chi connectivity index (χ1n) is 9.99. The summed E-state index contributed by atoms with van der Waals surface area (Å²) >= 11 is 0. The van der Waals surface area contributed by atoms with E-state index in [0.717, 1.165) is 51.7 Å². The summed E-state index contributed by atoms with van der Waals surface area (Å²) in [6, 6.07) is 10.5. The average Bonchev–Trinajstić information content (AvgIpc) is 3.41. The number of piperidine rings is 1. The van der Waals surface area contributed by atoms with Crippen LogP contribution >= 0.6 is 0 Å². The van der Waals surface area contributed by atoms with Crippen LogP contribution in [-0.2, 0) is 11.3 Å². The Morgan fingerprint density at radius 2 is 1.92 bits per heavy atom. The number of likely N-dealkylation sites (tertiary alicyclic amines) is 1. The number of carbonyl (C=O) groups excluding carboxylic acids is 1. The Morgan fingerprint density at radius 3 is 2.62 bits per heavy atom. The molecule has 0 N–H and O–H groups in total. The molecule has 2 fully saturated rings. The van der Waals surface area contributed by atoms with Crippen molar-refractivity contribution in [3.8, 4) is 11.3 Å². The molecule has 1 amide bonds. The van der Waals surface area contributed by atoms with Crippen LogP contribution in [0, 0.1) is 11.3 Å². The highest BCUT2D eigenvalue weighted by Gasteiger charge is 2.37. The molecule has 1 aromatic carbocycles. The number of hydrogen-bond acceptors (Lipinski definition) is 2. The number of carbonyl (C=O) groups is 1. The average molecular weight is 351 g/mol. The van der Waals surface area contributed by atoms with E-state index in [9.17, 15) is 4.79 Å². The van der Waals surface area contributed by atoms with E-state index in [0.29, 0.717) is 17.2 Å². The summed E-state index contributed by atoms with van der Waals surface area (Å²) in [5.74, 6) is 0.773. The number of aryl methyl sites for hydroxylation is 1. The number of amides is 1. The van der Waals surface area contributed by atoms with Crippen molar-refractivity contribution < 1.29 is 4.79 Å². The van der Waals surface area contributed by atoms with Crippen molar-refractivity contribution >= 4 is 5.91 Å². The summed E-state index contributed by atoms with van der Waals surface area (Å²) in [5, 5.41) is 0. The normalized spacial score (nSPS) is 19.5. The Morgan fingerprint density at radius 1 is 1.19 bits per heavy atom. The van der Waals surface area contributed by atoms with Crippen molar-refractivity contribution in [3.05, 3.63) is 42.9 Å². The molecule has 0 radical (unpaired) electrons. The van der Waals surface area contributed by atoms with Gasteiger partial charge in [-0.25, -0.2) is 4.98 Å². The lowest BCUT2D eigenvalue weighted by atomic mass is 9.76. The molecule has 1 aliphatic heterocycles. The number of nitrogens with zero attached hydrogens (tertiary/aromatic N) is 3. The Bertz CT molecular complexity index is 740. The minimum Gasteiger partial charge on any atom is -0.342 e. The molecule has 1 saturated carbocycles. The van der Waals surface area contributed by atoms with E-state index < -0.39 is 0 Å². The van der Waals surface area contributed by atoms with Gasteiger partial charge >= 0.3 is 0 Å². The minimum atomic E-state index is 0.358. The van der Waals surface area contributed by atoms with Crippen LogP contribution in [-0.4, -0.2) is 33.4 Å². The van der Waals surface area contributed by atoms with Crippen LogP contribution < -0.4 is 0 Å². The SMILES string of the molecule is CC1(CCCn2cncc2-c2ccccc2)CCN(C(=O)C2CC2)CC1. The van der Waals surface area contributed by atoms with Crippen LogP contribution in [0.15, 0.2) is 42.9 Å². The molecule has 138 valence electrons. The van der Waals surface area contributed by atoms with Gasteiger partial charge in [0.15, 0.2) is 0 Å². The monoisotopic (exact) mass is 351 g/mol. The summed E-state index contributed by atoms with van der Waals surface area (Å²) in [6.07, 6.45) is 10.8. The van der Waals surface area contributed by atoms with E-state index in [2.05, 4.69) is 45.6 Å². The second kappa shape index (κ2) is 7.26. The fraction of sp³-hybridized carbons (Fsp3) is 0.545. The highest BCUT2D eigenvalue weighted by atomic mass is 16.2. The molecule has 1 aliphatic carbocycles. The molecule has 4 nitrogen and oxygen atoms in total. The Hall–Kier alpha value is -2.10. The standard InChI is InChI=1S/C22H29N3O/c1-22(11-14-24(15-12-22)21(26)19-8-9-19)10-5-13-25-17-23-16-20(25)18-6-3-2-4-7-18/h2-4,6-7,16-17,19H,5,8-15H2,1H3. The number of benzene rings is 1. The van der Waals surface area contributed by atoms with Gasteiger partial charge in [-0.1, -0.05) is 37.3 Å². The predicted octanol–water partition coefficient (Wildman–Crippen LogP) is 4.37. The third kappa shape index (κ3) is 3.84. The van der Waals surface area contributed by atoms with Gasteiger partial charge in [-0.2, -0.15) is 0 Å². The molecule has 26 heavy (non-hydrogen) atoms. The van der Waals surface area contributed by atoms with Crippen LogP contribution in [0.5, 0.6) is 0 Å². The molecule has 0 atom stereocenters. The van der Waals surface area contributed by atoms with Crippen molar-refractivity contribution in [2.75, 3.05) is 13.1 Å². The van der Waals surface area contributed by atoms with Gasteiger partial charge < -0.3 is 9.47 Å². The molecule has 2 aromatic rings. The lowest BCUT2D eigenvalue weighted by Crippen LogP contribution is -2.42. The highest BCUT2D eigenvalue weighted by Crippen LogP contribution is 2.38. The Balaban J connectivity index is 1.29. The van der Waals surface area contributed by atoms with Crippen LogP contribution in [0.4, 0.5) is 0 Å². The van der Waals surface area contributed by atoms with Crippen LogP contribution in [0.1, 0.15) is 45.4 Å². The number of rotatable bonds is 6. The molecule has 0 unspecified atom stereocenters. The fourth-order valence-corrected chi connectivity index (χ4v) is 4.13. The van der Waals surface area contributed by atoms with E-state index in [1.54, 1.807) is 0 Å². The fourth-order valence-electron chi connectivity index (χ4n) is 4.13. The zero-order valence-corrected chi connectivity index (χ0v) is 15.7. The first-order chi connectivity index (χ1) is 12.6. The van der Waals surface area contributed by atoms with Crippen LogP contribution in [0.25, 0.3) is 11.3 Å². The summed E-state index contributed by atoms with van der Waals surface area (Å²) in [7, 11) is 0. The van der Waals surface area contributed by atoms with E-state index in [4.69, 9.17) is 0 Å². The number of imidazole rings is 1. The first kappa shape index (κ1) is 17.3. The zero-order valence-electron chi connectivity index (χ0n) is 15.7. The van der Waals surface area contributed by atoms with E-state index in [1.165, 1.54) is 17.7 Å². The van der Waals surface area contributed by atoms with Crippen molar-refractivity contribution in [2.45, 2.75) is 52.0 Å². The second-order valence-electron chi connectivity index (χ2n) is 8.35. The summed E-state index contributed by atoms with van der Waals surface area (Å²) in [6.45, 7) is 5.31. The summed E-state index contributed by atoms with van der Waals surface area (Å²) in [4.78, 5) is 18.7. The lowest BCUT2D eigenvalue weighted by molar-refractivity contribution is -0.134. The molecular formula is C22H29N3O. The molecule has 0 spiro atoms. The van der Waals surface area contributed by atoms with Crippen LogP contribution in [0.2, 0.25) is 0 Å². The van der Waals surface area contributed by atoms with Gasteiger partial charge in [0.25, 0.3) is 0 Å². The molecular weight excluding hydrogens is 322 g/mol. The quantitative estimate of drug-likeness (QED) is 0.775. The molecule has 1 saturated heterocycles. The highest BCUT2D eigenvalue weighted by molar-refractivity contribution is 5.81. The summed E-state index contributed by atoms with van der Waals surface area (Å²) in [5.41, 5.74) is 2.79.